The molecule has 1 aliphatic heterocycles. The quantitative estimate of drug-likeness (QED) is 0.266. The lowest BCUT2D eigenvalue weighted by atomic mass is 9.98. The van der Waals surface area contributed by atoms with Crippen LogP contribution in [0.25, 0.3) is 22.2 Å². The van der Waals surface area contributed by atoms with Crippen molar-refractivity contribution >= 4 is 55.8 Å². The SMILES string of the molecule is CNc1n[nH]c2cc(-n3c(=O)c4c(n5ncc(CC(C)C)c35)CN(C(=O)c3ccc(Br)c(Cl)c3)[C@@H](C)C4)ccc12. The van der Waals surface area contributed by atoms with Crippen LogP contribution in [-0.2, 0) is 19.4 Å². The molecule has 0 saturated carbocycles. The van der Waals surface area contributed by atoms with Gasteiger partial charge < -0.3 is 10.2 Å². The van der Waals surface area contributed by atoms with Crippen LogP contribution in [0.15, 0.2) is 51.9 Å². The van der Waals surface area contributed by atoms with Gasteiger partial charge in [-0.05, 0) is 78.0 Å². The first-order valence-electron chi connectivity index (χ1n) is 13.2. The summed E-state index contributed by atoms with van der Waals surface area (Å²) in [6.45, 7) is 6.53. The molecule has 11 heteroatoms. The highest BCUT2D eigenvalue weighted by Gasteiger charge is 2.33. The van der Waals surface area contributed by atoms with Gasteiger partial charge in [0.05, 0.1) is 34.7 Å². The Morgan fingerprint density at radius 2 is 2.05 bits per heavy atom. The van der Waals surface area contributed by atoms with Crippen molar-refractivity contribution in [3.63, 3.8) is 0 Å². The summed E-state index contributed by atoms with van der Waals surface area (Å²) < 4.78 is 4.35. The number of rotatable bonds is 5. The van der Waals surface area contributed by atoms with Crippen molar-refractivity contribution in [3.8, 4) is 5.69 Å². The molecule has 0 spiro atoms. The number of benzene rings is 2. The number of fused-ring (bicyclic) bond motifs is 4. The molecule has 0 unspecified atom stereocenters. The summed E-state index contributed by atoms with van der Waals surface area (Å²) in [4.78, 5) is 29.7. The van der Waals surface area contributed by atoms with E-state index < -0.39 is 0 Å². The Labute approximate surface area is 244 Å². The second-order valence-corrected chi connectivity index (χ2v) is 12.0. The van der Waals surface area contributed by atoms with Gasteiger partial charge in [0.25, 0.3) is 11.5 Å². The molecule has 3 aromatic heterocycles. The first kappa shape index (κ1) is 26.6. The van der Waals surface area contributed by atoms with E-state index in [4.69, 9.17) is 16.7 Å². The molecule has 2 N–H and O–H groups in total. The topological polar surface area (TPSA) is 100 Å². The summed E-state index contributed by atoms with van der Waals surface area (Å²) in [7, 11) is 1.83. The Bertz CT molecular complexity index is 1860. The highest BCUT2D eigenvalue weighted by molar-refractivity contribution is 9.10. The molecule has 9 nitrogen and oxygen atoms in total. The number of carbonyl (C=O) groups excluding carboxylic acids is 1. The Kier molecular flexibility index (Phi) is 6.70. The van der Waals surface area contributed by atoms with E-state index in [9.17, 15) is 9.59 Å². The summed E-state index contributed by atoms with van der Waals surface area (Å²) in [6.07, 6.45) is 3.02. The standard InChI is InChI=1S/C29H29BrClN7O2/c1-15(2)9-18-13-33-38-25-14-36(28(39)17-5-8-22(30)23(31)11-17)16(3)10-21(25)29(40)37(27(18)38)19-6-7-20-24(12-19)34-35-26(20)32-4/h5-8,11-13,15-16H,9-10,14H2,1-4H3,(H2,32,34,35)/t16-/m0/s1. The Hall–Kier alpha value is -3.63. The van der Waals surface area contributed by atoms with Gasteiger partial charge in [0.15, 0.2) is 5.82 Å². The maximum atomic E-state index is 14.3. The fraction of sp³-hybridized carbons (Fsp3) is 0.310. The molecule has 0 fully saturated rings. The minimum atomic E-state index is -0.194. The van der Waals surface area contributed by atoms with E-state index in [1.807, 2.05) is 42.9 Å². The number of carbonyl (C=O) groups is 1. The number of halogens is 2. The lowest BCUT2D eigenvalue weighted by Crippen LogP contribution is -2.46. The molecule has 0 aliphatic carbocycles. The predicted octanol–water partition coefficient (Wildman–Crippen LogP) is 5.60. The van der Waals surface area contributed by atoms with Crippen LogP contribution in [0, 0.1) is 5.92 Å². The molecule has 206 valence electrons. The number of aromatic nitrogens is 5. The molecule has 1 amide bonds. The van der Waals surface area contributed by atoms with Crippen LogP contribution in [0.1, 0.15) is 48.0 Å². The average molecular weight is 623 g/mol. The van der Waals surface area contributed by atoms with Crippen LogP contribution >= 0.6 is 27.5 Å². The molecule has 1 atom stereocenters. The van der Waals surface area contributed by atoms with Crippen molar-refractivity contribution in [2.75, 3.05) is 12.4 Å². The van der Waals surface area contributed by atoms with E-state index in [-0.39, 0.29) is 24.1 Å². The van der Waals surface area contributed by atoms with Crippen molar-refractivity contribution < 1.29 is 4.79 Å². The molecule has 4 heterocycles. The smallest absolute Gasteiger partial charge is 0.261 e. The number of nitrogens with zero attached hydrogens (tertiary/aromatic N) is 5. The molecule has 5 aromatic rings. The lowest BCUT2D eigenvalue weighted by molar-refractivity contribution is 0.0651. The number of H-pyrrole nitrogens is 1. The van der Waals surface area contributed by atoms with Crippen molar-refractivity contribution in [3.05, 3.63) is 84.8 Å². The number of amides is 1. The number of nitrogens with one attached hydrogen (secondary N) is 2. The zero-order valence-electron chi connectivity index (χ0n) is 22.6. The normalized spacial score (nSPS) is 15.3. The van der Waals surface area contributed by atoms with Crippen molar-refractivity contribution in [1.82, 2.24) is 29.3 Å². The van der Waals surface area contributed by atoms with Crippen molar-refractivity contribution in [1.29, 1.82) is 0 Å². The highest BCUT2D eigenvalue weighted by Crippen LogP contribution is 2.30. The number of anilines is 1. The Morgan fingerprint density at radius 1 is 1.25 bits per heavy atom. The third-order valence-electron chi connectivity index (χ3n) is 7.54. The van der Waals surface area contributed by atoms with Gasteiger partial charge in [0.2, 0.25) is 0 Å². The Morgan fingerprint density at radius 3 is 2.77 bits per heavy atom. The molecule has 0 radical (unpaired) electrons. The van der Waals surface area contributed by atoms with Crippen LogP contribution in [0.2, 0.25) is 5.02 Å². The number of aromatic amines is 1. The summed E-state index contributed by atoms with van der Waals surface area (Å²) in [5, 5.41) is 16.7. The second-order valence-electron chi connectivity index (χ2n) is 10.7. The van der Waals surface area contributed by atoms with Crippen molar-refractivity contribution in [2.45, 2.75) is 46.2 Å². The maximum Gasteiger partial charge on any atom is 0.261 e. The van der Waals surface area contributed by atoms with Gasteiger partial charge in [-0.3, -0.25) is 19.3 Å². The van der Waals surface area contributed by atoms with Crippen LogP contribution < -0.4 is 10.9 Å². The predicted molar refractivity (Wildman–Crippen MR) is 161 cm³/mol. The third-order valence-corrected chi connectivity index (χ3v) is 8.78. The molecular formula is C29H29BrClN7O2. The van der Waals surface area contributed by atoms with E-state index in [1.165, 1.54) is 0 Å². The molecule has 0 saturated heterocycles. The second kappa shape index (κ2) is 10.1. The maximum absolute atomic E-state index is 14.3. The van der Waals surface area contributed by atoms with Gasteiger partial charge >= 0.3 is 0 Å². The number of hydrogen-bond donors (Lipinski definition) is 2. The van der Waals surface area contributed by atoms with Gasteiger partial charge in [0.1, 0.15) is 5.65 Å². The van der Waals surface area contributed by atoms with E-state index in [2.05, 4.69) is 45.3 Å². The molecular weight excluding hydrogens is 594 g/mol. The molecule has 6 rings (SSSR count). The highest BCUT2D eigenvalue weighted by atomic mass is 79.9. The fourth-order valence-corrected chi connectivity index (χ4v) is 6.04. The largest absolute Gasteiger partial charge is 0.371 e. The van der Waals surface area contributed by atoms with E-state index in [0.29, 0.717) is 28.5 Å². The van der Waals surface area contributed by atoms with Gasteiger partial charge in [-0.15, -0.1) is 0 Å². The third kappa shape index (κ3) is 4.30. The van der Waals surface area contributed by atoms with Gasteiger partial charge in [0, 0.05) is 39.6 Å². The summed E-state index contributed by atoms with van der Waals surface area (Å²) in [6, 6.07) is 10.9. The number of hydrogen-bond acceptors (Lipinski definition) is 5. The van der Waals surface area contributed by atoms with Gasteiger partial charge in [-0.2, -0.15) is 10.2 Å². The van der Waals surface area contributed by atoms with Crippen LogP contribution in [-0.4, -0.2) is 48.3 Å². The van der Waals surface area contributed by atoms with Crippen LogP contribution in [0.3, 0.4) is 0 Å². The van der Waals surface area contributed by atoms with Gasteiger partial charge in [-0.25, -0.2) is 4.52 Å². The molecule has 40 heavy (non-hydrogen) atoms. The minimum absolute atomic E-state index is 0.0913. The zero-order chi connectivity index (χ0) is 28.3. The van der Waals surface area contributed by atoms with Crippen LogP contribution in [0.4, 0.5) is 5.82 Å². The zero-order valence-corrected chi connectivity index (χ0v) is 25.0. The summed E-state index contributed by atoms with van der Waals surface area (Å²) in [5.41, 5.74) is 5.07. The van der Waals surface area contributed by atoms with Gasteiger partial charge in [-0.1, -0.05) is 25.4 Å². The molecule has 2 aromatic carbocycles. The van der Waals surface area contributed by atoms with E-state index >= 15 is 0 Å². The van der Waals surface area contributed by atoms with E-state index in [0.717, 1.165) is 50.2 Å². The van der Waals surface area contributed by atoms with Crippen LogP contribution in [0.5, 0.6) is 0 Å². The summed E-state index contributed by atoms with van der Waals surface area (Å²) in [5.74, 6) is 0.977. The minimum Gasteiger partial charge on any atom is -0.371 e. The lowest BCUT2D eigenvalue weighted by Gasteiger charge is -2.35. The fourth-order valence-electron chi connectivity index (χ4n) is 5.61. The average Bonchev–Trinajstić information content (AvgIpc) is 3.53. The van der Waals surface area contributed by atoms with E-state index in [1.54, 1.807) is 27.7 Å². The Balaban J connectivity index is 1.53. The first-order valence-corrected chi connectivity index (χ1v) is 14.4. The first-order chi connectivity index (χ1) is 19.2. The molecule has 1 aliphatic rings. The summed E-state index contributed by atoms with van der Waals surface area (Å²) >= 11 is 9.69. The van der Waals surface area contributed by atoms with Crippen molar-refractivity contribution in [2.24, 2.45) is 5.92 Å². The monoisotopic (exact) mass is 621 g/mol. The molecule has 0 bridgehead atoms.